The zero-order valence-corrected chi connectivity index (χ0v) is 16.5. The topological polar surface area (TPSA) is 76.1 Å². The molecule has 2 aromatic rings. The van der Waals surface area contributed by atoms with E-state index in [2.05, 4.69) is 0 Å². The molecule has 0 saturated heterocycles. The molecule has 0 aliphatic carbocycles. The molecule has 0 fully saturated rings. The van der Waals surface area contributed by atoms with Gasteiger partial charge in [-0.1, -0.05) is 6.07 Å². The average molecular weight is 390 g/mol. The lowest BCUT2D eigenvalue weighted by Crippen LogP contribution is -2.29. The third kappa shape index (κ3) is 3.26. The zero-order chi connectivity index (χ0) is 19.8. The van der Waals surface area contributed by atoms with Crippen molar-refractivity contribution in [3.63, 3.8) is 0 Å². The van der Waals surface area contributed by atoms with Crippen molar-refractivity contribution in [2.75, 3.05) is 39.8 Å². The molecule has 1 aliphatic heterocycles. The molecule has 1 heterocycles. The molecule has 0 saturated carbocycles. The average Bonchev–Trinajstić information content (AvgIpc) is 3.09. The molecule has 0 spiro atoms. The van der Waals surface area contributed by atoms with Gasteiger partial charge in [-0.15, -0.1) is 0 Å². The fourth-order valence-corrected chi connectivity index (χ4v) is 4.11. The Bertz CT molecular complexity index is 963. The molecule has 0 bridgehead atoms. The molecule has 0 N–H and O–H groups in total. The normalized spacial score (nSPS) is 13.6. The minimum Gasteiger partial charge on any atom is -0.496 e. The van der Waals surface area contributed by atoms with Gasteiger partial charge in [-0.2, -0.15) is 0 Å². The lowest BCUT2D eigenvalue weighted by Gasteiger charge is -2.21. The van der Waals surface area contributed by atoms with E-state index >= 15 is 0 Å². The molecule has 144 valence electrons. The maximum absolute atomic E-state index is 13.2. The molecule has 7 nitrogen and oxygen atoms in total. The molecule has 0 aromatic heterocycles. The van der Waals surface area contributed by atoms with Crippen LogP contribution in [-0.2, 0) is 16.4 Å². The number of hydrogen-bond donors (Lipinski definition) is 0. The number of sulfonamides is 1. The number of hydrogen-bond acceptors (Lipinski definition) is 5. The smallest absolute Gasteiger partial charge is 0.265 e. The highest BCUT2D eigenvalue weighted by molar-refractivity contribution is 7.89. The van der Waals surface area contributed by atoms with Gasteiger partial charge in [0.05, 0.1) is 19.1 Å². The molecule has 8 heteroatoms. The van der Waals surface area contributed by atoms with Crippen molar-refractivity contribution in [3.8, 4) is 11.5 Å². The van der Waals surface area contributed by atoms with Crippen LogP contribution in [0.2, 0.25) is 0 Å². The van der Waals surface area contributed by atoms with Gasteiger partial charge in [-0.3, -0.25) is 4.79 Å². The van der Waals surface area contributed by atoms with Crippen LogP contribution < -0.4 is 14.4 Å². The second-order valence-electron chi connectivity index (χ2n) is 6.32. The van der Waals surface area contributed by atoms with Crippen molar-refractivity contribution in [2.24, 2.45) is 0 Å². The predicted molar refractivity (Wildman–Crippen MR) is 102 cm³/mol. The quantitative estimate of drug-likeness (QED) is 0.782. The molecule has 1 aliphatic rings. The van der Waals surface area contributed by atoms with E-state index in [4.69, 9.17) is 9.47 Å². The molecular weight excluding hydrogens is 368 g/mol. The van der Waals surface area contributed by atoms with Crippen LogP contribution in [0.15, 0.2) is 41.3 Å². The molecule has 1 amide bonds. The Labute approximate surface area is 159 Å². The van der Waals surface area contributed by atoms with Crippen LogP contribution in [0.4, 0.5) is 5.69 Å². The summed E-state index contributed by atoms with van der Waals surface area (Å²) in [6.07, 6.45) is 0.579. The first-order valence-corrected chi connectivity index (χ1v) is 9.83. The Hall–Kier alpha value is -2.58. The number of carbonyl (C=O) groups excluding carboxylic acids is 1. The van der Waals surface area contributed by atoms with Gasteiger partial charge in [0.25, 0.3) is 5.91 Å². The molecule has 0 unspecified atom stereocenters. The molecule has 2 aromatic carbocycles. The van der Waals surface area contributed by atoms with Gasteiger partial charge in [0.1, 0.15) is 17.1 Å². The number of carbonyl (C=O) groups is 1. The zero-order valence-electron chi connectivity index (χ0n) is 15.7. The van der Waals surface area contributed by atoms with Crippen molar-refractivity contribution in [2.45, 2.75) is 11.3 Å². The van der Waals surface area contributed by atoms with Gasteiger partial charge >= 0.3 is 0 Å². The van der Waals surface area contributed by atoms with Crippen molar-refractivity contribution in [1.82, 2.24) is 4.31 Å². The number of fused-ring (bicyclic) bond motifs is 1. The van der Waals surface area contributed by atoms with E-state index in [1.54, 1.807) is 35.2 Å². The van der Waals surface area contributed by atoms with Gasteiger partial charge in [-0.05, 0) is 42.3 Å². The standard InChI is InChI=1S/C19H22N2O5S/c1-20(2)27(23,24)14-8-9-15-13(12-14)10-11-21(15)19(22)18-16(25-3)6-5-7-17(18)26-4/h5-9,12H,10-11H2,1-4H3. The van der Waals surface area contributed by atoms with Crippen LogP contribution in [0.1, 0.15) is 15.9 Å². The monoisotopic (exact) mass is 390 g/mol. The van der Waals surface area contributed by atoms with Gasteiger partial charge in [0.2, 0.25) is 10.0 Å². The molecule has 27 heavy (non-hydrogen) atoms. The second-order valence-corrected chi connectivity index (χ2v) is 8.47. The number of anilines is 1. The van der Waals surface area contributed by atoms with Crippen LogP contribution in [0.5, 0.6) is 11.5 Å². The molecular formula is C19H22N2O5S. The Kier molecular flexibility index (Phi) is 5.12. The fourth-order valence-electron chi connectivity index (χ4n) is 3.16. The molecule has 0 radical (unpaired) electrons. The fraction of sp³-hybridized carbons (Fsp3) is 0.316. The Morgan fingerprint density at radius 3 is 2.26 bits per heavy atom. The summed E-state index contributed by atoms with van der Waals surface area (Å²) in [4.78, 5) is 15.0. The van der Waals surface area contributed by atoms with E-state index in [0.717, 1.165) is 5.56 Å². The first kappa shape index (κ1) is 19.2. The van der Waals surface area contributed by atoms with E-state index in [-0.39, 0.29) is 10.8 Å². The van der Waals surface area contributed by atoms with E-state index < -0.39 is 10.0 Å². The second kappa shape index (κ2) is 7.21. The van der Waals surface area contributed by atoms with Crippen molar-refractivity contribution in [1.29, 1.82) is 0 Å². The van der Waals surface area contributed by atoms with Gasteiger partial charge in [0.15, 0.2) is 0 Å². The van der Waals surface area contributed by atoms with Crippen molar-refractivity contribution in [3.05, 3.63) is 47.5 Å². The summed E-state index contributed by atoms with van der Waals surface area (Å²) in [5.74, 6) is 0.616. The van der Waals surface area contributed by atoms with Crippen molar-refractivity contribution < 1.29 is 22.7 Å². The summed E-state index contributed by atoms with van der Waals surface area (Å²) in [6, 6.07) is 10.0. The number of rotatable bonds is 5. The largest absolute Gasteiger partial charge is 0.496 e. The minimum absolute atomic E-state index is 0.218. The number of amides is 1. The van der Waals surface area contributed by atoms with E-state index in [0.29, 0.717) is 35.7 Å². The number of benzene rings is 2. The number of methoxy groups -OCH3 is 2. The summed E-state index contributed by atoms with van der Waals surface area (Å²) in [5, 5.41) is 0. The summed E-state index contributed by atoms with van der Waals surface area (Å²) >= 11 is 0. The first-order chi connectivity index (χ1) is 12.8. The third-order valence-corrected chi connectivity index (χ3v) is 6.42. The molecule has 3 rings (SSSR count). The lowest BCUT2D eigenvalue weighted by molar-refractivity contribution is 0.0983. The van der Waals surface area contributed by atoms with Crippen molar-refractivity contribution >= 4 is 21.6 Å². The Morgan fingerprint density at radius 1 is 1.07 bits per heavy atom. The van der Waals surface area contributed by atoms with E-state index in [1.807, 2.05) is 0 Å². The SMILES string of the molecule is COc1cccc(OC)c1C(=O)N1CCc2cc(S(=O)(=O)N(C)C)ccc21. The van der Waals surface area contributed by atoms with Gasteiger partial charge < -0.3 is 14.4 Å². The Morgan fingerprint density at radius 2 is 1.70 bits per heavy atom. The maximum Gasteiger partial charge on any atom is 0.265 e. The summed E-state index contributed by atoms with van der Waals surface area (Å²) in [5.41, 5.74) is 1.87. The molecule has 0 atom stereocenters. The van der Waals surface area contributed by atoms with E-state index in [9.17, 15) is 13.2 Å². The predicted octanol–water partition coefficient (Wildman–Crippen LogP) is 2.16. The number of ether oxygens (including phenoxy) is 2. The number of nitrogens with zero attached hydrogens (tertiary/aromatic N) is 2. The van der Waals surface area contributed by atoms with Crippen LogP contribution in [0, 0.1) is 0 Å². The Balaban J connectivity index is 2.01. The van der Waals surface area contributed by atoms with E-state index in [1.165, 1.54) is 38.7 Å². The summed E-state index contributed by atoms with van der Waals surface area (Å²) in [6.45, 7) is 0.459. The maximum atomic E-state index is 13.2. The summed E-state index contributed by atoms with van der Waals surface area (Å²) in [7, 11) is 2.47. The highest BCUT2D eigenvalue weighted by Gasteiger charge is 2.31. The van der Waals surface area contributed by atoms with Crippen LogP contribution in [0.25, 0.3) is 0 Å². The van der Waals surface area contributed by atoms with Crippen LogP contribution in [-0.4, -0.2) is 53.5 Å². The highest BCUT2D eigenvalue weighted by Crippen LogP contribution is 2.36. The van der Waals surface area contributed by atoms with Crippen LogP contribution in [0.3, 0.4) is 0 Å². The van der Waals surface area contributed by atoms with Gasteiger partial charge in [0, 0.05) is 26.3 Å². The highest BCUT2D eigenvalue weighted by atomic mass is 32.2. The van der Waals surface area contributed by atoms with Crippen LogP contribution >= 0.6 is 0 Å². The lowest BCUT2D eigenvalue weighted by atomic mass is 10.1. The minimum atomic E-state index is -3.52. The summed E-state index contributed by atoms with van der Waals surface area (Å²) < 4.78 is 36.5. The van der Waals surface area contributed by atoms with Gasteiger partial charge in [-0.25, -0.2) is 12.7 Å². The first-order valence-electron chi connectivity index (χ1n) is 8.39. The third-order valence-electron chi connectivity index (χ3n) is 4.61.